The molecule has 0 aromatic heterocycles. The van der Waals surface area contributed by atoms with Gasteiger partial charge in [-0.15, -0.1) is 0 Å². The van der Waals surface area contributed by atoms with Gasteiger partial charge in [-0.25, -0.2) is 0 Å². The summed E-state index contributed by atoms with van der Waals surface area (Å²) >= 11 is 5.99. The summed E-state index contributed by atoms with van der Waals surface area (Å²) in [6.07, 6.45) is 0. The van der Waals surface area contributed by atoms with Gasteiger partial charge in [0.2, 0.25) is 0 Å². The second-order valence-electron chi connectivity index (χ2n) is 5.88. The minimum atomic E-state index is -0.250. The summed E-state index contributed by atoms with van der Waals surface area (Å²) in [7, 11) is 1.53. The monoisotopic (exact) mass is 360 g/mol. The highest BCUT2D eigenvalue weighted by molar-refractivity contribution is 6.31. The molecule has 0 spiro atoms. The number of nitrogens with one attached hydrogen (secondary N) is 1. The van der Waals surface area contributed by atoms with E-state index in [4.69, 9.17) is 21.1 Å². The Kier molecular flexibility index (Phi) is 5.91. The molecule has 2 aromatic rings. The molecule has 0 radical (unpaired) electrons. The number of hydrogen-bond donors (Lipinski definition) is 1. The number of hydrogen-bond acceptors (Lipinski definition) is 4. The average Bonchev–Trinajstić information content (AvgIpc) is 2.64. The molecule has 3 rings (SSSR count). The number of carbonyl (C=O) groups excluding carboxylic acids is 1. The van der Waals surface area contributed by atoms with E-state index < -0.39 is 0 Å². The highest BCUT2D eigenvalue weighted by Crippen LogP contribution is 2.24. The number of amides is 1. The van der Waals surface area contributed by atoms with Crippen LogP contribution in [0.25, 0.3) is 0 Å². The molecule has 25 heavy (non-hydrogen) atoms. The first-order chi connectivity index (χ1) is 12.2. The van der Waals surface area contributed by atoms with Crippen LogP contribution in [0.4, 0.5) is 5.69 Å². The van der Waals surface area contributed by atoms with E-state index in [1.54, 1.807) is 18.2 Å². The Balaban J connectivity index is 1.65. The highest BCUT2D eigenvalue weighted by Gasteiger charge is 2.14. The molecule has 0 unspecified atom stereocenters. The maximum atomic E-state index is 12.5. The van der Waals surface area contributed by atoms with Crippen LogP contribution < -0.4 is 10.1 Å². The summed E-state index contributed by atoms with van der Waals surface area (Å²) in [5.74, 6) is 0.242. The molecule has 1 aliphatic heterocycles. The summed E-state index contributed by atoms with van der Waals surface area (Å²) in [6, 6.07) is 12.8. The van der Waals surface area contributed by atoms with Crippen LogP contribution in [-0.2, 0) is 11.3 Å². The minimum absolute atomic E-state index is 0.250. The molecule has 0 atom stereocenters. The first-order valence-corrected chi connectivity index (χ1v) is 8.57. The Hall–Kier alpha value is -2.08. The van der Waals surface area contributed by atoms with Gasteiger partial charge in [-0.1, -0.05) is 23.7 Å². The maximum Gasteiger partial charge on any atom is 0.259 e. The molecule has 1 aliphatic rings. The number of benzene rings is 2. The van der Waals surface area contributed by atoms with E-state index in [0.717, 1.165) is 38.5 Å². The summed E-state index contributed by atoms with van der Waals surface area (Å²) in [4.78, 5) is 14.8. The Morgan fingerprint density at radius 3 is 2.60 bits per heavy atom. The maximum absolute atomic E-state index is 12.5. The standard InChI is InChI=1S/C19H21ClN2O3/c1-24-18-7-4-15(20)12-17(18)19(23)21-16-5-2-14(3-6-16)13-22-8-10-25-11-9-22/h2-7,12H,8-11,13H2,1H3,(H,21,23). The van der Waals surface area contributed by atoms with Crippen LogP contribution in [0.3, 0.4) is 0 Å². The zero-order valence-corrected chi connectivity index (χ0v) is 14.9. The topological polar surface area (TPSA) is 50.8 Å². The predicted octanol–water partition coefficient (Wildman–Crippen LogP) is 3.43. The number of carbonyl (C=O) groups is 1. The molecule has 0 aliphatic carbocycles. The third kappa shape index (κ3) is 4.72. The van der Waals surface area contributed by atoms with Gasteiger partial charge < -0.3 is 14.8 Å². The van der Waals surface area contributed by atoms with Crippen LogP contribution in [0.1, 0.15) is 15.9 Å². The van der Waals surface area contributed by atoms with E-state index in [9.17, 15) is 4.79 Å². The Morgan fingerprint density at radius 2 is 1.92 bits per heavy atom. The molecule has 1 amide bonds. The van der Waals surface area contributed by atoms with Crippen molar-refractivity contribution in [2.75, 3.05) is 38.7 Å². The summed E-state index contributed by atoms with van der Waals surface area (Å²) in [5, 5.41) is 3.37. The molecule has 0 bridgehead atoms. The van der Waals surface area contributed by atoms with Crippen molar-refractivity contribution in [2.24, 2.45) is 0 Å². The van der Waals surface area contributed by atoms with Crippen molar-refractivity contribution in [3.63, 3.8) is 0 Å². The number of morpholine rings is 1. The normalized spacial score (nSPS) is 15.0. The number of halogens is 1. The van der Waals surface area contributed by atoms with Gasteiger partial charge >= 0.3 is 0 Å². The van der Waals surface area contributed by atoms with Crippen LogP contribution in [0.15, 0.2) is 42.5 Å². The predicted molar refractivity (Wildman–Crippen MR) is 98.5 cm³/mol. The lowest BCUT2D eigenvalue weighted by molar-refractivity contribution is 0.0342. The summed E-state index contributed by atoms with van der Waals surface area (Å²) < 4.78 is 10.6. The van der Waals surface area contributed by atoms with Crippen molar-refractivity contribution in [1.29, 1.82) is 0 Å². The number of nitrogens with zero attached hydrogens (tertiary/aromatic N) is 1. The number of rotatable bonds is 5. The summed E-state index contributed by atoms with van der Waals surface area (Å²) in [5.41, 5.74) is 2.35. The van der Waals surface area contributed by atoms with E-state index in [-0.39, 0.29) is 5.91 Å². The van der Waals surface area contributed by atoms with E-state index in [0.29, 0.717) is 16.3 Å². The molecule has 1 N–H and O–H groups in total. The second kappa shape index (κ2) is 8.34. The molecule has 1 heterocycles. The van der Waals surface area contributed by atoms with Crippen molar-refractivity contribution in [2.45, 2.75) is 6.54 Å². The van der Waals surface area contributed by atoms with Gasteiger partial charge in [-0.2, -0.15) is 0 Å². The fourth-order valence-corrected chi connectivity index (χ4v) is 2.94. The van der Waals surface area contributed by atoms with Gasteiger partial charge in [0.15, 0.2) is 0 Å². The summed E-state index contributed by atoms with van der Waals surface area (Å²) in [6.45, 7) is 4.37. The molecule has 1 fully saturated rings. The van der Waals surface area contributed by atoms with Crippen molar-refractivity contribution in [1.82, 2.24) is 4.90 Å². The largest absolute Gasteiger partial charge is 0.496 e. The number of ether oxygens (including phenoxy) is 2. The molecule has 0 saturated carbocycles. The Labute approximate surface area is 152 Å². The van der Waals surface area contributed by atoms with Gasteiger partial charge in [-0.3, -0.25) is 9.69 Å². The Morgan fingerprint density at radius 1 is 1.20 bits per heavy atom. The van der Waals surface area contributed by atoms with Crippen LogP contribution in [0, 0.1) is 0 Å². The van der Waals surface area contributed by atoms with Crippen molar-refractivity contribution < 1.29 is 14.3 Å². The molecular formula is C19H21ClN2O3. The fraction of sp³-hybridized carbons (Fsp3) is 0.316. The molecule has 5 nitrogen and oxygen atoms in total. The number of anilines is 1. The van der Waals surface area contributed by atoms with Gasteiger partial charge in [0, 0.05) is 30.3 Å². The van der Waals surface area contributed by atoms with Crippen LogP contribution >= 0.6 is 11.6 Å². The lowest BCUT2D eigenvalue weighted by Crippen LogP contribution is -2.35. The molecule has 1 saturated heterocycles. The molecule has 6 heteroatoms. The molecule has 2 aromatic carbocycles. The lowest BCUT2D eigenvalue weighted by Gasteiger charge is -2.26. The third-order valence-corrected chi connectivity index (χ3v) is 4.36. The SMILES string of the molecule is COc1ccc(Cl)cc1C(=O)Nc1ccc(CN2CCOCC2)cc1. The lowest BCUT2D eigenvalue weighted by atomic mass is 10.1. The second-order valence-corrected chi connectivity index (χ2v) is 6.32. The van der Waals surface area contributed by atoms with Crippen LogP contribution in [0.2, 0.25) is 5.02 Å². The Bertz CT molecular complexity index is 728. The highest BCUT2D eigenvalue weighted by atomic mass is 35.5. The average molecular weight is 361 g/mol. The van der Waals surface area contributed by atoms with Gasteiger partial charge in [0.25, 0.3) is 5.91 Å². The first-order valence-electron chi connectivity index (χ1n) is 8.19. The molecular weight excluding hydrogens is 340 g/mol. The van der Waals surface area contributed by atoms with Crippen molar-refractivity contribution >= 4 is 23.2 Å². The third-order valence-electron chi connectivity index (χ3n) is 4.13. The van der Waals surface area contributed by atoms with Crippen LogP contribution in [-0.4, -0.2) is 44.2 Å². The van der Waals surface area contributed by atoms with Gasteiger partial charge in [-0.05, 0) is 35.9 Å². The fourth-order valence-electron chi connectivity index (χ4n) is 2.77. The van der Waals surface area contributed by atoms with E-state index in [2.05, 4.69) is 10.2 Å². The zero-order chi connectivity index (χ0) is 17.6. The van der Waals surface area contributed by atoms with Crippen LogP contribution in [0.5, 0.6) is 5.75 Å². The van der Waals surface area contributed by atoms with Crippen molar-refractivity contribution in [3.8, 4) is 5.75 Å². The zero-order valence-electron chi connectivity index (χ0n) is 14.1. The quantitative estimate of drug-likeness (QED) is 0.887. The van der Waals surface area contributed by atoms with E-state index in [1.807, 2.05) is 24.3 Å². The van der Waals surface area contributed by atoms with Crippen molar-refractivity contribution in [3.05, 3.63) is 58.6 Å². The van der Waals surface area contributed by atoms with Gasteiger partial charge in [0.05, 0.1) is 25.9 Å². The molecule has 132 valence electrons. The minimum Gasteiger partial charge on any atom is -0.496 e. The van der Waals surface area contributed by atoms with Gasteiger partial charge in [0.1, 0.15) is 5.75 Å². The van der Waals surface area contributed by atoms with E-state index in [1.165, 1.54) is 12.7 Å². The first kappa shape index (κ1) is 17.7. The van der Waals surface area contributed by atoms with E-state index >= 15 is 0 Å². The number of methoxy groups -OCH3 is 1. The smallest absolute Gasteiger partial charge is 0.259 e.